The standard InChI is InChI=1S/C3H10ClNOP2/c1-2-3-7(5)8(4)6/h6H,2-3,5H2,1H3. The van der Waals surface area contributed by atoms with Gasteiger partial charge in [0.25, 0.3) is 0 Å². The molecule has 3 N–H and O–H groups in total. The van der Waals surface area contributed by atoms with Crippen molar-refractivity contribution in [1.29, 1.82) is 0 Å². The highest BCUT2D eigenvalue weighted by Crippen LogP contribution is 2.64. The molecule has 2 unspecified atom stereocenters. The van der Waals surface area contributed by atoms with Gasteiger partial charge in [-0.1, -0.05) is 24.6 Å². The first kappa shape index (κ1) is 9.07. The van der Waals surface area contributed by atoms with E-state index in [0.29, 0.717) is 0 Å². The minimum Gasteiger partial charge on any atom is -0.355 e. The van der Waals surface area contributed by atoms with Crippen molar-refractivity contribution in [2.45, 2.75) is 13.3 Å². The van der Waals surface area contributed by atoms with Crippen LogP contribution in [-0.4, -0.2) is 11.1 Å². The van der Waals surface area contributed by atoms with Gasteiger partial charge in [-0.25, -0.2) is 0 Å². The van der Waals surface area contributed by atoms with Crippen molar-refractivity contribution in [3.63, 3.8) is 0 Å². The lowest BCUT2D eigenvalue weighted by atomic mass is 10.6. The van der Waals surface area contributed by atoms with Gasteiger partial charge in [0.2, 0.25) is 0 Å². The van der Waals surface area contributed by atoms with Gasteiger partial charge >= 0.3 is 0 Å². The molecule has 0 rings (SSSR count). The fourth-order valence-corrected chi connectivity index (χ4v) is 2.71. The van der Waals surface area contributed by atoms with Gasteiger partial charge in [0.05, 0.1) is 0 Å². The van der Waals surface area contributed by atoms with E-state index in [1.54, 1.807) is 0 Å². The Hall–Kier alpha value is 1.07. The Bertz CT molecular complexity index is 63.2. The van der Waals surface area contributed by atoms with Crippen molar-refractivity contribution in [3.8, 4) is 0 Å². The lowest BCUT2D eigenvalue weighted by Crippen LogP contribution is -1.87. The summed E-state index contributed by atoms with van der Waals surface area (Å²) in [6, 6.07) is 0. The fourth-order valence-electron chi connectivity index (χ4n) is 0.312. The van der Waals surface area contributed by atoms with E-state index in [0.717, 1.165) is 12.6 Å². The second kappa shape index (κ2) is 4.90. The molecule has 0 aliphatic carbocycles. The molecule has 0 saturated heterocycles. The smallest absolute Gasteiger partial charge is 0.161 e. The molecule has 0 saturated carbocycles. The van der Waals surface area contributed by atoms with Crippen LogP contribution in [0.2, 0.25) is 0 Å². The molecule has 0 amide bonds. The molecule has 0 bridgehead atoms. The summed E-state index contributed by atoms with van der Waals surface area (Å²) in [5, 5.41) is 0. The zero-order valence-corrected chi connectivity index (χ0v) is 7.26. The van der Waals surface area contributed by atoms with Crippen LogP contribution in [0.5, 0.6) is 0 Å². The molecule has 0 spiro atoms. The van der Waals surface area contributed by atoms with Gasteiger partial charge in [-0.3, -0.25) is 0 Å². The second-order valence-corrected chi connectivity index (χ2v) is 7.56. The first-order valence-electron chi connectivity index (χ1n) is 2.35. The number of hydrogen-bond donors (Lipinski definition) is 2. The maximum atomic E-state index is 8.69. The molecular weight excluding hydrogens is 163 g/mol. The van der Waals surface area contributed by atoms with E-state index in [1.165, 1.54) is 0 Å². The van der Waals surface area contributed by atoms with Crippen LogP contribution in [0.15, 0.2) is 0 Å². The number of halogens is 1. The molecule has 5 heteroatoms. The molecule has 0 aromatic carbocycles. The summed E-state index contributed by atoms with van der Waals surface area (Å²) in [6.45, 7) is 2.03. The minimum absolute atomic E-state index is 0.754. The van der Waals surface area contributed by atoms with E-state index >= 15 is 0 Å². The maximum absolute atomic E-state index is 8.69. The van der Waals surface area contributed by atoms with Crippen LogP contribution < -0.4 is 5.50 Å². The third-order valence-corrected chi connectivity index (χ3v) is 5.61. The number of rotatable bonds is 3. The van der Waals surface area contributed by atoms with Crippen LogP contribution in [0.25, 0.3) is 0 Å². The van der Waals surface area contributed by atoms with Gasteiger partial charge in [-0.2, -0.15) is 0 Å². The number of hydrogen-bond acceptors (Lipinski definition) is 2. The van der Waals surface area contributed by atoms with Crippen molar-refractivity contribution in [2.75, 3.05) is 6.16 Å². The predicted molar refractivity (Wildman–Crippen MR) is 41.3 cm³/mol. The van der Waals surface area contributed by atoms with E-state index < -0.39 is 15.0 Å². The van der Waals surface area contributed by atoms with Crippen LogP contribution in [0.4, 0.5) is 0 Å². The summed E-state index contributed by atoms with van der Waals surface area (Å²) in [4.78, 5) is 8.69. The van der Waals surface area contributed by atoms with E-state index in [-0.39, 0.29) is 0 Å². The SMILES string of the molecule is CCCP(N)P(O)Cl. The fraction of sp³-hybridized carbons (Fsp3) is 1.00. The first-order valence-corrected chi connectivity index (χ1v) is 6.85. The summed E-state index contributed by atoms with van der Waals surface area (Å²) < 4.78 is 0. The average molecular weight is 174 g/mol. The molecule has 0 heterocycles. The normalized spacial score (nSPS) is 18.0. The van der Waals surface area contributed by atoms with Gasteiger partial charge < -0.3 is 10.4 Å². The van der Waals surface area contributed by atoms with Crippen LogP contribution in [-0.2, 0) is 0 Å². The summed E-state index contributed by atoms with van der Waals surface area (Å²) in [5.41, 5.74) is 5.44. The predicted octanol–water partition coefficient (Wildman–Crippen LogP) is 2.21. The molecule has 0 fully saturated rings. The van der Waals surface area contributed by atoms with Crippen molar-refractivity contribution in [3.05, 3.63) is 0 Å². The monoisotopic (exact) mass is 173 g/mol. The van der Waals surface area contributed by atoms with E-state index in [2.05, 4.69) is 0 Å². The molecule has 0 aromatic rings. The zero-order valence-electron chi connectivity index (χ0n) is 4.71. The Morgan fingerprint density at radius 3 is 2.38 bits per heavy atom. The minimum atomic E-state index is -1.35. The third kappa shape index (κ3) is 4.00. The van der Waals surface area contributed by atoms with Crippen LogP contribution in [0, 0.1) is 0 Å². The zero-order chi connectivity index (χ0) is 6.57. The summed E-state index contributed by atoms with van der Waals surface area (Å²) in [7, 11) is -2.11. The summed E-state index contributed by atoms with van der Waals surface area (Å²) in [5.74, 6) is 0. The highest BCUT2D eigenvalue weighted by Gasteiger charge is 2.08. The molecule has 0 radical (unpaired) electrons. The summed E-state index contributed by atoms with van der Waals surface area (Å²) >= 11 is 5.33. The van der Waals surface area contributed by atoms with Gasteiger partial charge in [0, 0.05) is 7.76 Å². The Balaban J connectivity index is 3.17. The Labute approximate surface area is 56.7 Å². The van der Waals surface area contributed by atoms with Crippen molar-refractivity contribution in [2.24, 2.45) is 5.50 Å². The largest absolute Gasteiger partial charge is 0.355 e. The molecule has 2 atom stereocenters. The van der Waals surface area contributed by atoms with Gasteiger partial charge in [-0.05, 0) is 6.16 Å². The molecule has 0 aromatic heterocycles. The van der Waals surface area contributed by atoms with E-state index in [4.69, 9.17) is 21.6 Å². The lowest BCUT2D eigenvalue weighted by Gasteiger charge is -2.08. The van der Waals surface area contributed by atoms with Crippen LogP contribution in [0.3, 0.4) is 0 Å². The highest BCUT2D eigenvalue weighted by atomic mass is 35.7. The summed E-state index contributed by atoms with van der Waals surface area (Å²) in [6.07, 6.45) is 1.88. The molecular formula is C3H10ClNOP2. The van der Waals surface area contributed by atoms with E-state index in [1.807, 2.05) is 6.92 Å². The van der Waals surface area contributed by atoms with Crippen LogP contribution in [0.1, 0.15) is 13.3 Å². The average Bonchev–Trinajstić information content (AvgIpc) is 1.67. The Morgan fingerprint density at radius 2 is 2.25 bits per heavy atom. The van der Waals surface area contributed by atoms with Crippen molar-refractivity contribution >= 4 is 26.2 Å². The lowest BCUT2D eigenvalue weighted by molar-refractivity contribution is 0.654. The van der Waals surface area contributed by atoms with Gasteiger partial charge in [0.1, 0.15) is 0 Å². The third-order valence-electron chi connectivity index (χ3n) is 0.665. The first-order chi connectivity index (χ1) is 3.68. The van der Waals surface area contributed by atoms with E-state index in [9.17, 15) is 0 Å². The van der Waals surface area contributed by atoms with Crippen molar-refractivity contribution < 1.29 is 4.89 Å². The van der Waals surface area contributed by atoms with Gasteiger partial charge in [0.15, 0.2) is 7.19 Å². The Kier molecular flexibility index (Phi) is 5.56. The quantitative estimate of drug-likeness (QED) is 0.643. The number of nitrogens with two attached hydrogens (primary N) is 1. The molecule has 8 heavy (non-hydrogen) atoms. The molecule has 2 nitrogen and oxygen atoms in total. The molecule has 50 valence electrons. The Morgan fingerprint density at radius 1 is 1.75 bits per heavy atom. The maximum Gasteiger partial charge on any atom is 0.161 e. The molecule has 0 aliphatic heterocycles. The van der Waals surface area contributed by atoms with Crippen LogP contribution >= 0.6 is 26.2 Å². The topological polar surface area (TPSA) is 46.2 Å². The van der Waals surface area contributed by atoms with Crippen molar-refractivity contribution in [1.82, 2.24) is 0 Å². The second-order valence-electron chi connectivity index (χ2n) is 1.40. The van der Waals surface area contributed by atoms with Gasteiger partial charge in [-0.15, -0.1) is 0 Å². The molecule has 0 aliphatic rings. The highest BCUT2D eigenvalue weighted by molar-refractivity contribution is 8.36.